The van der Waals surface area contributed by atoms with Crippen LogP contribution in [0.4, 0.5) is 20.7 Å². The van der Waals surface area contributed by atoms with Crippen LogP contribution in [0, 0.1) is 0 Å². The number of nitrogens with one attached hydrogen (secondary N) is 1. The molecule has 1 N–H and O–H groups in total. The topological polar surface area (TPSA) is 63.2 Å². The molecular formula is C9H15F2N5O. The lowest BCUT2D eigenvalue weighted by Crippen LogP contribution is -2.26. The smallest absolute Gasteiger partial charge is 0.323 e. The Morgan fingerprint density at radius 1 is 1.35 bits per heavy atom. The molecule has 0 aliphatic heterocycles. The first-order valence-electron chi connectivity index (χ1n) is 5.12. The number of aromatic nitrogens is 3. The molecule has 6 nitrogen and oxygen atoms in total. The van der Waals surface area contributed by atoms with Crippen LogP contribution in [-0.2, 0) is 0 Å². The minimum atomic E-state index is -2.45. The van der Waals surface area contributed by atoms with E-state index in [-0.39, 0.29) is 17.9 Å². The van der Waals surface area contributed by atoms with Crippen molar-refractivity contribution in [1.29, 1.82) is 0 Å². The number of alkyl halides is 2. The molecule has 1 aromatic heterocycles. The highest BCUT2D eigenvalue weighted by molar-refractivity contribution is 5.37. The maximum atomic E-state index is 12.2. The van der Waals surface area contributed by atoms with Crippen LogP contribution in [0.3, 0.4) is 0 Å². The zero-order valence-electron chi connectivity index (χ0n) is 9.94. The van der Waals surface area contributed by atoms with Crippen LogP contribution in [0.25, 0.3) is 0 Å². The quantitative estimate of drug-likeness (QED) is 0.809. The molecule has 0 aliphatic carbocycles. The van der Waals surface area contributed by atoms with E-state index in [1.165, 1.54) is 11.9 Å². The fourth-order valence-corrected chi connectivity index (χ4v) is 1.11. The number of hydrogen-bond acceptors (Lipinski definition) is 6. The molecule has 0 unspecified atom stereocenters. The van der Waals surface area contributed by atoms with Gasteiger partial charge in [0.25, 0.3) is 6.43 Å². The summed E-state index contributed by atoms with van der Waals surface area (Å²) in [5.41, 5.74) is 0. The van der Waals surface area contributed by atoms with Gasteiger partial charge in [-0.25, -0.2) is 8.78 Å². The number of halogens is 2. The Hall–Kier alpha value is -1.73. The van der Waals surface area contributed by atoms with Crippen molar-refractivity contribution in [3.05, 3.63) is 0 Å². The number of nitrogens with zero attached hydrogens (tertiary/aromatic N) is 4. The van der Waals surface area contributed by atoms with Gasteiger partial charge >= 0.3 is 6.01 Å². The summed E-state index contributed by atoms with van der Waals surface area (Å²) in [7, 11) is 3.11. The third kappa shape index (κ3) is 3.97. The molecule has 96 valence electrons. The number of ether oxygens (including phenoxy) is 1. The summed E-state index contributed by atoms with van der Waals surface area (Å²) in [5.74, 6) is 0.424. The monoisotopic (exact) mass is 247 g/mol. The van der Waals surface area contributed by atoms with Crippen LogP contribution in [-0.4, -0.2) is 48.6 Å². The number of anilines is 2. The molecule has 0 saturated carbocycles. The standard InChI is InChI=1S/C9H15F2N5O/c1-4-17-9-14-7(12-2)13-8(15-9)16(3)5-6(10)11/h6H,4-5H2,1-3H3,(H,12,13,14,15). The highest BCUT2D eigenvalue weighted by atomic mass is 19.3. The molecule has 1 heterocycles. The van der Waals surface area contributed by atoms with E-state index in [4.69, 9.17) is 4.74 Å². The van der Waals surface area contributed by atoms with Gasteiger partial charge in [0.05, 0.1) is 13.2 Å². The maximum absolute atomic E-state index is 12.2. The first-order valence-corrected chi connectivity index (χ1v) is 5.12. The van der Waals surface area contributed by atoms with E-state index in [0.29, 0.717) is 6.61 Å². The summed E-state index contributed by atoms with van der Waals surface area (Å²) < 4.78 is 29.6. The van der Waals surface area contributed by atoms with Crippen LogP contribution < -0.4 is 15.0 Å². The lowest BCUT2D eigenvalue weighted by Gasteiger charge is -2.17. The van der Waals surface area contributed by atoms with Gasteiger partial charge in [0.2, 0.25) is 11.9 Å². The van der Waals surface area contributed by atoms with E-state index >= 15 is 0 Å². The maximum Gasteiger partial charge on any atom is 0.323 e. The molecular weight excluding hydrogens is 232 g/mol. The van der Waals surface area contributed by atoms with Gasteiger partial charge in [0, 0.05) is 14.1 Å². The summed E-state index contributed by atoms with van der Waals surface area (Å²) in [6, 6.07) is 0.114. The van der Waals surface area contributed by atoms with E-state index in [2.05, 4.69) is 20.3 Å². The van der Waals surface area contributed by atoms with Crippen LogP contribution in [0.2, 0.25) is 0 Å². The minimum Gasteiger partial charge on any atom is -0.464 e. The van der Waals surface area contributed by atoms with Crippen molar-refractivity contribution in [2.24, 2.45) is 0 Å². The highest BCUT2D eigenvalue weighted by Crippen LogP contribution is 2.14. The molecule has 8 heteroatoms. The Morgan fingerprint density at radius 3 is 2.59 bits per heavy atom. The fraction of sp³-hybridized carbons (Fsp3) is 0.667. The van der Waals surface area contributed by atoms with Crippen molar-refractivity contribution in [1.82, 2.24) is 15.0 Å². The lowest BCUT2D eigenvalue weighted by atomic mass is 10.6. The molecule has 0 spiro atoms. The predicted molar refractivity (Wildman–Crippen MR) is 59.8 cm³/mol. The third-order valence-corrected chi connectivity index (χ3v) is 1.85. The molecule has 0 aliphatic rings. The molecule has 0 atom stereocenters. The summed E-state index contributed by atoms with van der Waals surface area (Å²) in [6.45, 7) is 1.73. The van der Waals surface area contributed by atoms with Gasteiger partial charge in [0.15, 0.2) is 0 Å². The summed E-state index contributed by atoms with van der Waals surface area (Å²) in [5, 5.41) is 2.72. The van der Waals surface area contributed by atoms with Crippen molar-refractivity contribution in [2.45, 2.75) is 13.3 Å². The fourth-order valence-electron chi connectivity index (χ4n) is 1.11. The van der Waals surface area contributed by atoms with Gasteiger partial charge < -0.3 is 15.0 Å². The van der Waals surface area contributed by atoms with Gasteiger partial charge in [-0.1, -0.05) is 0 Å². The summed E-state index contributed by atoms with van der Waals surface area (Å²) in [4.78, 5) is 13.1. The van der Waals surface area contributed by atoms with Gasteiger partial charge in [-0.3, -0.25) is 0 Å². The van der Waals surface area contributed by atoms with Crippen LogP contribution in [0.5, 0.6) is 6.01 Å². The normalized spacial score (nSPS) is 10.5. The Labute approximate surface area is 98.0 Å². The Kier molecular flexibility index (Phi) is 4.80. The summed E-state index contributed by atoms with van der Waals surface area (Å²) in [6.07, 6.45) is -2.45. The zero-order chi connectivity index (χ0) is 12.8. The van der Waals surface area contributed by atoms with E-state index in [1.807, 2.05) is 0 Å². The molecule has 0 fully saturated rings. The molecule has 17 heavy (non-hydrogen) atoms. The second kappa shape index (κ2) is 6.12. The molecule has 0 aromatic carbocycles. The van der Waals surface area contributed by atoms with Crippen molar-refractivity contribution in [3.8, 4) is 6.01 Å². The van der Waals surface area contributed by atoms with Crippen molar-refractivity contribution >= 4 is 11.9 Å². The van der Waals surface area contributed by atoms with E-state index in [0.717, 1.165) is 0 Å². The molecule has 0 saturated heterocycles. The molecule has 1 aromatic rings. The second-order valence-corrected chi connectivity index (χ2v) is 3.20. The lowest BCUT2D eigenvalue weighted by molar-refractivity contribution is 0.156. The average Bonchev–Trinajstić information content (AvgIpc) is 2.28. The van der Waals surface area contributed by atoms with Crippen molar-refractivity contribution in [2.75, 3.05) is 37.5 Å². The van der Waals surface area contributed by atoms with Crippen LogP contribution in [0.1, 0.15) is 6.92 Å². The molecule has 0 radical (unpaired) electrons. The highest BCUT2D eigenvalue weighted by Gasteiger charge is 2.14. The zero-order valence-corrected chi connectivity index (χ0v) is 9.94. The summed E-state index contributed by atoms with van der Waals surface area (Å²) >= 11 is 0. The third-order valence-electron chi connectivity index (χ3n) is 1.85. The van der Waals surface area contributed by atoms with Gasteiger partial charge in [-0.2, -0.15) is 15.0 Å². The predicted octanol–water partition coefficient (Wildman–Crippen LogP) is 1.01. The first kappa shape index (κ1) is 13.3. The Balaban J connectivity index is 2.93. The van der Waals surface area contributed by atoms with Crippen molar-refractivity contribution < 1.29 is 13.5 Å². The number of hydrogen-bond donors (Lipinski definition) is 1. The molecule has 1 rings (SSSR count). The van der Waals surface area contributed by atoms with Gasteiger partial charge in [-0.15, -0.1) is 0 Å². The van der Waals surface area contributed by atoms with Crippen LogP contribution >= 0.6 is 0 Å². The Bertz CT molecular complexity index is 363. The largest absolute Gasteiger partial charge is 0.464 e. The van der Waals surface area contributed by atoms with Gasteiger partial charge in [0.1, 0.15) is 0 Å². The molecule has 0 amide bonds. The van der Waals surface area contributed by atoms with Gasteiger partial charge in [-0.05, 0) is 6.92 Å². The van der Waals surface area contributed by atoms with Crippen molar-refractivity contribution in [3.63, 3.8) is 0 Å². The average molecular weight is 247 g/mol. The minimum absolute atomic E-state index is 0.114. The Morgan fingerprint density at radius 2 is 2.06 bits per heavy atom. The first-order chi connectivity index (χ1) is 8.06. The van der Waals surface area contributed by atoms with E-state index in [1.54, 1.807) is 14.0 Å². The van der Waals surface area contributed by atoms with Crippen LogP contribution in [0.15, 0.2) is 0 Å². The second-order valence-electron chi connectivity index (χ2n) is 3.20. The SMILES string of the molecule is CCOc1nc(NC)nc(N(C)CC(F)F)n1. The number of rotatable bonds is 6. The van der Waals surface area contributed by atoms with E-state index in [9.17, 15) is 8.78 Å². The molecule has 0 bridgehead atoms. The van der Waals surface area contributed by atoms with E-state index < -0.39 is 13.0 Å².